The molecule has 2 aromatic carbocycles. The van der Waals surface area contributed by atoms with Crippen LogP contribution >= 0.6 is 0 Å². The number of hydrogen-bond donors (Lipinski definition) is 0. The van der Waals surface area contributed by atoms with Crippen molar-refractivity contribution >= 4 is 10.1 Å². The van der Waals surface area contributed by atoms with Gasteiger partial charge in [0.2, 0.25) is 0 Å². The molecule has 0 spiro atoms. The smallest absolute Gasteiger partial charge is 0.339 e. The SMILES string of the molecule is COc1cc(S(=O)(=O)Oc2ccc(C)cc2C)c(C)cc1C. The summed E-state index contributed by atoms with van der Waals surface area (Å²) in [5.41, 5.74) is 3.34. The van der Waals surface area contributed by atoms with Gasteiger partial charge in [0.25, 0.3) is 0 Å². The molecule has 0 N–H and O–H groups in total. The van der Waals surface area contributed by atoms with Gasteiger partial charge in [0.05, 0.1) is 7.11 Å². The van der Waals surface area contributed by atoms with Crippen LogP contribution in [0.3, 0.4) is 0 Å². The lowest BCUT2D eigenvalue weighted by atomic mass is 10.1. The van der Waals surface area contributed by atoms with Gasteiger partial charge in [0, 0.05) is 6.07 Å². The average molecular weight is 320 g/mol. The van der Waals surface area contributed by atoms with Crippen LogP contribution in [-0.2, 0) is 10.1 Å². The number of ether oxygens (including phenoxy) is 1. The Labute approximate surface area is 131 Å². The molecule has 5 heteroatoms. The number of methoxy groups -OCH3 is 1. The highest BCUT2D eigenvalue weighted by atomic mass is 32.2. The highest BCUT2D eigenvalue weighted by Gasteiger charge is 2.22. The van der Waals surface area contributed by atoms with Crippen molar-refractivity contribution in [3.05, 3.63) is 52.6 Å². The van der Waals surface area contributed by atoms with Gasteiger partial charge in [-0.05, 0) is 50.5 Å². The third kappa shape index (κ3) is 3.25. The van der Waals surface area contributed by atoms with E-state index in [0.29, 0.717) is 17.1 Å². The van der Waals surface area contributed by atoms with Crippen LogP contribution in [0, 0.1) is 27.7 Å². The maximum absolute atomic E-state index is 12.6. The first-order chi connectivity index (χ1) is 10.2. The van der Waals surface area contributed by atoms with E-state index >= 15 is 0 Å². The summed E-state index contributed by atoms with van der Waals surface area (Å²) in [5, 5.41) is 0. The van der Waals surface area contributed by atoms with Crippen molar-refractivity contribution < 1.29 is 17.3 Å². The second-order valence-corrected chi connectivity index (χ2v) is 6.91. The first kappa shape index (κ1) is 16.4. The summed E-state index contributed by atoms with van der Waals surface area (Å²) in [5.74, 6) is 0.859. The molecule has 22 heavy (non-hydrogen) atoms. The van der Waals surface area contributed by atoms with Crippen LogP contribution in [0.1, 0.15) is 22.3 Å². The summed E-state index contributed by atoms with van der Waals surface area (Å²) in [4.78, 5) is 0.120. The molecule has 2 aromatic rings. The zero-order valence-corrected chi connectivity index (χ0v) is 14.2. The van der Waals surface area contributed by atoms with E-state index in [1.807, 2.05) is 32.9 Å². The molecule has 0 aliphatic carbocycles. The molecule has 0 aliphatic heterocycles. The Bertz CT molecular complexity index is 808. The van der Waals surface area contributed by atoms with Crippen LogP contribution in [0.2, 0.25) is 0 Å². The number of aryl methyl sites for hydroxylation is 4. The van der Waals surface area contributed by atoms with Gasteiger partial charge in [-0.3, -0.25) is 0 Å². The molecule has 0 amide bonds. The summed E-state index contributed by atoms with van der Waals surface area (Å²) in [6.07, 6.45) is 0. The molecule has 2 rings (SSSR count). The van der Waals surface area contributed by atoms with Gasteiger partial charge >= 0.3 is 10.1 Å². The standard InChI is InChI=1S/C17H20O4S/c1-11-6-7-15(12(2)8-11)21-22(18,19)17-10-16(20-5)13(3)9-14(17)4/h6-10H,1-5H3. The number of hydrogen-bond acceptors (Lipinski definition) is 4. The fourth-order valence-corrected chi connectivity index (χ4v) is 3.58. The quantitative estimate of drug-likeness (QED) is 0.806. The summed E-state index contributed by atoms with van der Waals surface area (Å²) in [6, 6.07) is 8.65. The highest BCUT2D eigenvalue weighted by molar-refractivity contribution is 7.87. The fourth-order valence-electron chi connectivity index (χ4n) is 2.36. The van der Waals surface area contributed by atoms with E-state index in [4.69, 9.17) is 8.92 Å². The lowest BCUT2D eigenvalue weighted by Crippen LogP contribution is -2.12. The van der Waals surface area contributed by atoms with E-state index in [1.54, 1.807) is 19.1 Å². The zero-order valence-electron chi connectivity index (χ0n) is 13.4. The van der Waals surface area contributed by atoms with Crippen LogP contribution in [0.15, 0.2) is 35.2 Å². The molecule has 0 radical (unpaired) electrons. The minimum absolute atomic E-state index is 0.120. The van der Waals surface area contributed by atoms with Crippen molar-refractivity contribution in [2.75, 3.05) is 7.11 Å². The lowest BCUT2D eigenvalue weighted by molar-refractivity contribution is 0.409. The third-order valence-electron chi connectivity index (χ3n) is 3.49. The largest absolute Gasteiger partial charge is 0.496 e. The molecule has 0 aromatic heterocycles. The van der Waals surface area contributed by atoms with Crippen molar-refractivity contribution in [2.45, 2.75) is 32.6 Å². The van der Waals surface area contributed by atoms with E-state index in [2.05, 4.69) is 0 Å². The van der Waals surface area contributed by atoms with Gasteiger partial charge < -0.3 is 8.92 Å². The van der Waals surface area contributed by atoms with Gasteiger partial charge in [0.15, 0.2) is 0 Å². The van der Waals surface area contributed by atoms with E-state index < -0.39 is 10.1 Å². The molecule has 0 atom stereocenters. The Morgan fingerprint density at radius 2 is 1.45 bits per heavy atom. The average Bonchev–Trinajstić information content (AvgIpc) is 2.42. The lowest BCUT2D eigenvalue weighted by Gasteiger charge is -2.14. The topological polar surface area (TPSA) is 52.6 Å². The first-order valence-electron chi connectivity index (χ1n) is 6.91. The van der Waals surface area contributed by atoms with Gasteiger partial charge in [-0.25, -0.2) is 0 Å². The molecule has 0 aliphatic rings. The molecule has 0 heterocycles. The van der Waals surface area contributed by atoms with Gasteiger partial charge in [-0.1, -0.05) is 23.8 Å². The third-order valence-corrected chi connectivity index (χ3v) is 4.87. The summed E-state index contributed by atoms with van der Waals surface area (Å²) < 4.78 is 35.6. The van der Waals surface area contributed by atoms with Crippen LogP contribution in [0.25, 0.3) is 0 Å². The van der Waals surface area contributed by atoms with Crippen molar-refractivity contribution in [3.63, 3.8) is 0 Å². The molecule has 0 saturated carbocycles. The predicted molar refractivity (Wildman–Crippen MR) is 86.2 cm³/mol. The first-order valence-corrected chi connectivity index (χ1v) is 8.32. The van der Waals surface area contributed by atoms with Crippen molar-refractivity contribution in [1.82, 2.24) is 0 Å². The maximum Gasteiger partial charge on any atom is 0.339 e. The second kappa shape index (κ2) is 6.01. The van der Waals surface area contributed by atoms with E-state index in [1.165, 1.54) is 13.2 Å². The van der Waals surface area contributed by atoms with Crippen molar-refractivity contribution in [1.29, 1.82) is 0 Å². The molecule has 0 fully saturated rings. The maximum atomic E-state index is 12.6. The molecule has 4 nitrogen and oxygen atoms in total. The molecule has 0 saturated heterocycles. The molecular formula is C17H20O4S. The van der Waals surface area contributed by atoms with Crippen LogP contribution < -0.4 is 8.92 Å². The molecule has 118 valence electrons. The normalized spacial score (nSPS) is 11.3. The Balaban J connectivity index is 2.47. The molecular weight excluding hydrogens is 300 g/mol. The summed E-state index contributed by atoms with van der Waals surface area (Å²) in [6.45, 7) is 7.37. The van der Waals surface area contributed by atoms with Crippen LogP contribution in [0.5, 0.6) is 11.5 Å². The summed E-state index contributed by atoms with van der Waals surface area (Å²) >= 11 is 0. The van der Waals surface area contributed by atoms with Gasteiger partial charge in [-0.2, -0.15) is 8.42 Å². The van der Waals surface area contributed by atoms with Crippen molar-refractivity contribution in [3.8, 4) is 11.5 Å². The Hall–Kier alpha value is -2.01. The van der Waals surface area contributed by atoms with E-state index in [0.717, 1.165) is 16.7 Å². The monoisotopic (exact) mass is 320 g/mol. The minimum atomic E-state index is -3.91. The predicted octanol–water partition coefficient (Wildman–Crippen LogP) is 3.70. The second-order valence-electron chi connectivity index (χ2n) is 5.39. The van der Waals surface area contributed by atoms with Gasteiger partial charge in [0.1, 0.15) is 16.4 Å². The highest BCUT2D eigenvalue weighted by Crippen LogP contribution is 2.29. The molecule has 0 bridgehead atoms. The molecule has 0 unspecified atom stereocenters. The van der Waals surface area contributed by atoms with Crippen LogP contribution in [-0.4, -0.2) is 15.5 Å². The van der Waals surface area contributed by atoms with Crippen molar-refractivity contribution in [2.24, 2.45) is 0 Å². The van der Waals surface area contributed by atoms with Gasteiger partial charge in [-0.15, -0.1) is 0 Å². The number of rotatable bonds is 4. The Morgan fingerprint density at radius 1 is 0.818 bits per heavy atom. The zero-order chi connectivity index (χ0) is 16.5. The van der Waals surface area contributed by atoms with E-state index in [-0.39, 0.29) is 4.90 Å². The summed E-state index contributed by atoms with van der Waals surface area (Å²) in [7, 11) is -2.40. The van der Waals surface area contributed by atoms with E-state index in [9.17, 15) is 8.42 Å². The Kier molecular flexibility index (Phi) is 4.47. The number of benzene rings is 2. The van der Waals surface area contributed by atoms with Crippen LogP contribution in [0.4, 0.5) is 0 Å². The Morgan fingerprint density at radius 3 is 2.05 bits per heavy atom. The fraction of sp³-hybridized carbons (Fsp3) is 0.294. The minimum Gasteiger partial charge on any atom is -0.496 e.